The van der Waals surface area contributed by atoms with E-state index in [0.29, 0.717) is 11.6 Å². The molecule has 0 bridgehead atoms. The molecule has 1 amide bonds. The van der Waals surface area contributed by atoms with E-state index in [9.17, 15) is 4.79 Å². The van der Waals surface area contributed by atoms with Gasteiger partial charge in [-0.15, -0.1) is 0 Å². The number of amides is 1. The van der Waals surface area contributed by atoms with Crippen LogP contribution in [-0.2, 0) is 4.79 Å². The van der Waals surface area contributed by atoms with Gasteiger partial charge >= 0.3 is 0 Å². The number of carbonyl (C=O) groups is 1. The molecule has 1 aromatic rings. The van der Waals surface area contributed by atoms with Crippen molar-refractivity contribution in [3.63, 3.8) is 0 Å². The van der Waals surface area contributed by atoms with Crippen LogP contribution in [0.5, 0.6) is 0 Å². The maximum atomic E-state index is 11.3. The molecular formula is C11H16ClN5O. The van der Waals surface area contributed by atoms with E-state index >= 15 is 0 Å². The second kappa shape index (κ2) is 5.97. The first kappa shape index (κ1) is 13.0. The Bertz CT molecular complexity index is 420. The molecule has 18 heavy (non-hydrogen) atoms. The van der Waals surface area contributed by atoms with Crippen LogP contribution in [0, 0.1) is 0 Å². The van der Waals surface area contributed by atoms with Gasteiger partial charge < -0.3 is 10.2 Å². The fourth-order valence-corrected chi connectivity index (χ4v) is 2.16. The predicted molar refractivity (Wildman–Crippen MR) is 69.8 cm³/mol. The van der Waals surface area contributed by atoms with E-state index in [4.69, 9.17) is 11.6 Å². The number of anilines is 1. The topological polar surface area (TPSA) is 61.4 Å². The van der Waals surface area contributed by atoms with Gasteiger partial charge in [-0.25, -0.2) is 9.97 Å². The van der Waals surface area contributed by atoms with Gasteiger partial charge in [0.25, 0.3) is 0 Å². The highest BCUT2D eigenvalue weighted by Crippen LogP contribution is 2.22. The summed E-state index contributed by atoms with van der Waals surface area (Å²) in [5.41, 5.74) is 0. The summed E-state index contributed by atoms with van der Waals surface area (Å²) in [5.74, 6) is 0.815. The van der Waals surface area contributed by atoms with Gasteiger partial charge in [0, 0.05) is 33.2 Å². The standard InChI is InChI=1S/C11H16ClN5O/c1-13-10(18)7-16-2-4-17(5-3-16)11-9(12)6-14-8-15-11/h6,8H,2-5,7H2,1H3,(H,13,18). The molecule has 6 nitrogen and oxygen atoms in total. The Hall–Kier alpha value is -1.40. The monoisotopic (exact) mass is 269 g/mol. The van der Waals surface area contributed by atoms with E-state index in [2.05, 4.69) is 25.1 Å². The molecule has 1 saturated heterocycles. The summed E-state index contributed by atoms with van der Waals surface area (Å²) in [7, 11) is 1.65. The zero-order valence-electron chi connectivity index (χ0n) is 10.3. The molecule has 1 N–H and O–H groups in total. The van der Waals surface area contributed by atoms with Crippen LogP contribution in [0.25, 0.3) is 0 Å². The number of piperazine rings is 1. The van der Waals surface area contributed by atoms with Gasteiger partial charge in [-0.05, 0) is 0 Å². The fraction of sp³-hybridized carbons (Fsp3) is 0.545. The van der Waals surface area contributed by atoms with E-state index < -0.39 is 0 Å². The van der Waals surface area contributed by atoms with Crippen molar-refractivity contribution in [2.75, 3.05) is 44.7 Å². The molecule has 1 aliphatic heterocycles. The Morgan fingerprint density at radius 3 is 2.78 bits per heavy atom. The number of nitrogens with one attached hydrogen (secondary N) is 1. The number of carbonyl (C=O) groups excluding carboxylic acids is 1. The maximum Gasteiger partial charge on any atom is 0.233 e. The molecule has 1 aliphatic rings. The third-order valence-electron chi connectivity index (χ3n) is 2.97. The molecule has 1 aromatic heterocycles. The average molecular weight is 270 g/mol. The van der Waals surface area contributed by atoms with Crippen molar-refractivity contribution in [1.82, 2.24) is 20.2 Å². The highest BCUT2D eigenvalue weighted by atomic mass is 35.5. The van der Waals surface area contributed by atoms with Gasteiger partial charge in [-0.3, -0.25) is 9.69 Å². The fourth-order valence-electron chi connectivity index (χ4n) is 1.94. The van der Waals surface area contributed by atoms with E-state index in [1.54, 1.807) is 13.2 Å². The molecule has 2 rings (SSSR count). The second-order valence-electron chi connectivity index (χ2n) is 4.13. The molecular weight excluding hydrogens is 254 g/mol. The minimum Gasteiger partial charge on any atom is -0.358 e. The third kappa shape index (κ3) is 3.08. The minimum atomic E-state index is 0.0449. The lowest BCUT2D eigenvalue weighted by atomic mass is 10.3. The molecule has 0 unspecified atom stereocenters. The smallest absolute Gasteiger partial charge is 0.233 e. The molecule has 0 aliphatic carbocycles. The summed E-state index contributed by atoms with van der Waals surface area (Å²) in [6, 6.07) is 0. The summed E-state index contributed by atoms with van der Waals surface area (Å²) in [4.78, 5) is 23.6. The first-order valence-corrected chi connectivity index (χ1v) is 6.22. The summed E-state index contributed by atoms with van der Waals surface area (Å²) < 4.78 is 0. The Morgan fingerprint density at radius 2 is 2.17 bits per heavy atom. The van der Waals surface area contributed by atoms with E-state index in [1.165, 1.54) is 6.33 Å². The second-order valence-corrected chi connectivity index (χ2v) is 4.54. The number of rotatable bonds is 3. The summed E-state index contributed by atoms with van der Waals surface area (Å²) in [5, 5.41) is 3.20. The number of hydrogen-bond acceptors (Lipinski definition) is 5. The Morgan fingerprint density at radius 1 is 1.44 bits per heavy atom. The van der Waals surface area contributed by atoms with Crippen molar-refractivity contribution in [3.05, 3.63) is 17.5 Å². The quantitative estimate of drug-likeness (QED) is 0.837. The van der Waals surface area contributed by atoms with E-state index in [-0.39, 0.29) is 5.91 Å². The highest BCUT2D eigenvalue weighted by Gasteiger charge is 2.20. The first-order valence-electron chi connectivity index (χ1n) is 5.84. The summed E-state index contributed by atoms with van der Waals surface area (Å²) in [6.07, 6.45) is 3.10. The molecule has 0 saturated carbocycles. The predicted octanol–water partition coefficient (Wildman–Crippen LogP) is -0.00200. The van der Waals surface area contributed by atoms with Crippen molar-refractivity contribution in [3.8, 4) is 0 Å². The van der Waals surface area contributed by atoms with Crippen LogP contribution in [0.2, 0.25) is 5.02 Å². The molecule has 98 valence electrons. The van der Waals surface area contributed by atoms with Crippen LogP contribution in [0.1, 0.15) is 0 Å². The van der Waals surface area contributed by atoms with E-state index in [1.807, 2.05) is 0 Å². The number of halogens is 1. The Kier molecular flexibility index (Phi) is 4.33. The van der Waals surface area contributed by atoms with Crippen LogP contribution in [0.3, 0.4) is 0 Å². The highest BCUT2D eigenvalue weighted by molar-refractivity contribution is 6.32. The van der Waals surface area contributed by atoms with Crippen molar-refractivity contribution in [2.24, 2.45) is 0 Å². The normalized spacial score (nSPS) is 16.7. The molecule has 0 atom stereocenters. The third-order valence-corrected chi connectivity index (χ3v) is 3.23. The van der Waals surface area contributed by atoms with Gasteiger partial charge in [0.05, 0.1) is 12.7 Å². The lowest BCUT2D eigenvalue weighted by molar-refractivity contribution is -0.121. The molecule has 0 aromatic carbocycles. The SMILES string of the molecule is CNC(=O)CN1CCN(c2ncncc2Cl)CC1. The molecule has 0 radical (unpaired) electrons. The number of likely N-dealkylation sites (N-methyl/N-ethyl adjacent to an activating group) is 1. The van der Waals surface area contributed by atoms with Gasteiger partial charge in [0.15, 0.2) is 5.82 Å². The number of nitrogens with zero attached hydrogens (tertiary/aromatic N) is 4. The van der Waals surface area contributed by atoms with Crippen molar-refractivity contribution >= 4 is 23.3 Å². The van der Waals surface area contributed by atoms with E-state index in [0.717, 1.165) is 32.0 Å². The molecule has 2 heterocycles. The molecule has 7 heteroatoms. The van der Waals surface area contributed by atoms with Crippen LogP contribution in [0.4, 0.5) is 5.82 Å². The number of hydrogen-bond donors (Lipinski definition) is 1. The Balaban J connectivity index is 1.91. The zero-order chi connectivity index (χ0) is 13.0. The molecule has 1 fully saturated rings. The van der Waals surface area contributed by atoms with Gasteiger partial charge in [0.2, 0.25) is 5.91 Å². The number of aromatic nitrogens is 2. The van der Waals surface area contributed by atoms with Gasteiger partial charge in [-0.1, -0.05) is 11.6 Å². The summed E-state index contributed by atoms with van der Waals surface area (Å²) >= 11 is 6.06. The maximum absolute atomic E-state index is 11.3. The first-order chi connectivity index (χ1) is 8.70. The average Bonchev–Trinajstić information content (AvgIpc) is 2.40. The summed E-state index contributed by atoms with van der Waals surface area (Å²) in [6.45, 7) is 3.73. The Labute approximate surface area is 111 Å². The zero-order valence-corrected chi connectivity index (χ0v) is 11.0. The van der Waals surface area contributed by atoms with Gasteiger partial charge in [0.1, 0.15) is 11.3 Å². The molecule has 0 spiro atoms. The van der Waals surface area contributed by atoms with Crippen LogP contribution in [0.15, 0.2) is 12.5 Å². The minimum absolute atomic E-state index is 0.0449. The van der Waals surface area contributed by atoms with Crippen LogP contribution in [-0.4, -0.2) is 60.5 Å². The van der Waals surface area contributed by atoms with Crippen LogP contribution >= 0.6 is 11.6 Å². The van der Waals surface area contributed by atoms with Crippen LogP contribution < -0.4 is 10.2 Å². The lowest BCUT2D eigenvalue weighted by Crippen LogP contribution is -2.49. The van der Waals surface area contributed by atoms with Crippen molar-refractivity contribution in [2.45, 2.75) is 0 Å². The van der Waals surface area contributed by atoms with Crippen molar-refractivity contribution < 1.29 is 4.79 Å². The largest absolute Gasteiger partial charge is 0.358 e. The lowest BCUT2D eigenvalue weighted by Gasteiger charge is -2.35. The van der Waals surface area contributed by atoms with Crippen molar-refractivity contribution in [1.29, 1.82) is 0 Å². The van der Waals surface area contributed by atoms with Gasteiger partial charge in [-0.2, -0.15) is 0 Å².